The molecule has 0 unspecified atom stereocenters. The topological polar surface area (TPSA) is 81.2 Å². The Morgan fingerprint density at radius 3 is 2.35 bits per heavy atom. The Balaban J connectivity index is 2.66. The van der Waals surface area contributed by atoms with Gasteiger partial charge in [0.2, 0.25) is 5.28 Å². The number of rotatable bonds is 4. The van der Waals surface area contributed by atoms with E-state index in [4.69, 9.17) is 11.6 Å². The van der Waals surface area contributed by atoms with Gasteiger partial charge in [0.1, 0.15) is 4.90 Å². The summed E-state index contributed by atoms with van der Waals surface area (Å²) in [6.45, 7) is -1.75. The van der Waals surface area contributed by atoms with E-state index in [1.165, 1.54) is 4.89 Å². The van der Waals surface area contributed by atoms with Crippen LogP contribution in [-0.2, 0) is 14.9 Å². The number of nitrogens with zero attached hydrogens (tertiary/aromatic N) is 2. The van der Waals surface area contributed by atoms with Crippen molar-refractivity contribution >= 4 is 21.6 Å². The summed E-state index contributed by atoms with van der Waals surface area (Å²) in [5.74, 6) is 0. The molecule has 0 fully saturated rings. The first-order valence-electron chi connectivity index (χ1n) is 3.88. The molecule has 11 heteroatoms. The number of sulfonamides is 1. The SMILES string of the molecule is O=S(=O)(NOCC(F)(F)F)c1cnc(Cl)nc1. The van der Waals surface area contributed by atoms with Gasteiger partial charge in [0.05, 0.1) is 12.4 Å². The Labute approximate surface area is 98.8 Å². The molecule has 96 valence electrons. The minimum absolute atomic E-state index is 0.194. The van der Waals surface area contributed by atoms with Gasteiger partial charge < -0.3 is 0 Å². The summed E-state index contributed by atoms with van der Waals surface area (Å²) in [4.78, 5) is 11.3. The van der Waals surface area contributed by atoms with Gasteiger partial charge in [-0.05, 0) is 11.6 Å². The molecular weight excluding hydrogens is 287 g/mol. The molecule has 1 rings (SSSR count). The lowest BCUT2D eigenvalue weighted by molar-refractivity contribution is -0.181. The van der Waals surface area contributed by atoms with Crippen LogP contribution in [0.25, 0.3) is 0 Å². The number of hydrogen-bond donors (Lipinski definition) is 1. The molecule has 0 saturated carbocycles. The number of halogens is 4. The normalized spacial score (nSPS) is 12.7. The third-order valence-electron chi connectivity index (χ3n) is 1.31. The van der Waals surface area contributed by atoms with E-state index in [-0.39, 0.29) is 5.28 Å². The Morgan fingerprint density at radius 2 is 1.88 bits per heavy atom. The van der Waals surface area contributed by atoms with Gasteiger partial charge in [-0.1, -0.05) is 4.89 Å². The Bertz CT molecular complexity index is 476. The first kappa shape index (κ1) is 14.1. The average Bonchev–Trinajstić information content (AvgIpc) is 2.15. The molecular formula is C6H5ClF3N3O3S. The molecule has 0 aliphatic carbocycles. The fourth-order valence-corrected chi connectivity index (χ4v) is 1.47. The minimum Gasteiger partial charge on any atom is -0.277 e. The van der Waals surface area contributed by atoms with E-state index in [1.54, 1.807) is 0 Å². The molecule has 6 nitrogen and oxygen atoms in total. The van der Waals surface area contributed by atoms with Crippen LogP contribution in [0.5, 0.6) is 0 Å². The maximum absolute atomic E-state index is 11.7. The summed E-state index contributed by atoms with van der Waals surface area (Å²) >= 11 is 5.31. The van der Waals surface area contributed by atoms with Crippen LogP contribution in [-0.4, -0.2) is 31.2 Å². The molecule has 0 aliphatic rings. The van der Waals surface area contributed by atoms with Crippen LogP contribution >= 0.6 is 11.6 Å². The van der Waals surface area contributed by atoms with Crippen molar-refractivity contribution in [2.45, 2.75) is 11.1 Å². The molecule has 1 aromatic heterocycles. The van der Waals surface area contributed by atoms with E-state index >= 15 is 0 Å². The quantitative estimate of drug-likeness (QED) is 0.658. The Morgan fingerprint density at radius 1 is 1.35 bits per heavy atom. The van der Waals surface area contributed by atoms with Crippen molar-refractivity contribution in [1.29, 1.82) is 0 Å². The molecule has 0 saturated heterocycles. The summed E-state index contributed by atoms with van der Waals surface area (Å²) < 4.78 is 57.7. The lowest BCUT2D eigenvalue weighted by Gasteiger charge is -2.08. The second-order valence-electron chi connectivity index (χ2n) is 2.68. The molecule has 0 radical (unpaired) electrons. The van der Waals surface area contributed by atoms with Crippen molar-refractivity contribution < 1.29 is 26.4 Å². The first-order valence-corrected chi connectivity index (χ1v) is 5.75. The van der Waals surface area contributed by atoms with Crippen LogP contribution in [0.1, 0.15) is 0 Å². The average molecular weight is 292 g/mol. The van der Waals surface area contributed by atoms with Crippen molar-refractivity contribution in [1.82, 2.24) is 14.9 Å². The zero-order valence-electron chi connectivity index (χ0n) is 7.90. The predicted octanol–water partition coefficient (Wildman–Crippen LogP) is 0.902. The van der Waals surface area contributed by atoms with Crippen LogP contribution in [0.4, 0.5) is 13.2 Å². The van der Waals surface area contributed by atoms with Gasteiger partial charge in [-0.3, -0.25) is 4.84 Å². The summed E-state index contributed by atoms with van der Waals surface area (Å²) in [6.07, 6.45) is -2.98. The maximum Gasteiger partial charge on any atom is 0.413 e. The van der Waals surface area contributed by atoms with Crippen molar-refractivity contribution in [2.24, 2.45) is 0 Å². The molecule has 0 aromatic carbocycles. The molecule has 0 aliphatic heterocycles. The summed E-state index contributed by atoms with van der Waals surface area (Å²) in [7, 11) is -4.26. The van der Waals surface area contributed by atoms with Crippen molar-refractivity contribution in [3.8, 4) is 0 Å². The second-order valence-corrected chi connectivity index (χ2v) is 4.66. The van der Waals surface area contributed by atoms with Gasteiger partial charge in [-0.2, -0.15) is 13.2 Å². The number of aromatic nitrogens is 2. The van der Waals surface area contributed by atoms with Crippen LogP contribution in [0, 0.1) is 0 Å². The third-order valence-corrected chi connectivity index (χ3v) is 2.68. The Kier molecular flexibility index (Phi) is 4.25. The van der Waals surface area contributed by atoms with Crippen LogP contribution in [0.2, 0.25) is 5.28 Å². The number of nitrogens with one attached hydrogen (secondary N) is 1. The smallest absolute Gasteiger partial charge is 0.277 e. The van der Waals surface area contributed by atoms with E-state index in [1.807, 2.05) is 0 Å². The van der Waals surface area contributed by atoms with Crippen molar-refractivity contribution in [2.75, 3.05) is 6.61 Å². The molecule has 17 heavy (non-hydrogen) atoms. The third kappa shape index (κ3) is 4.81. The maximum atomic E-state index is 11.7. The second kappa shape index (κ2) is 5.12. The van der Waals surface area contributed by atoms with Gasteiger partial charge >= 0.3 is 6.18 Å². The predicted molar refractivity (Wildman–Crippen MR) is 49.4 cm³/mol. The summed E-state index contributed by atoms with van der Waals surface area (Å²) in [5.41, 5.74) is 0. The first-order chi connectivity index (χ1) is 7.71. The van der Waals surface area contributed by atoms with Gasteiger partial charge in [0.15, 0.2) is 6.61 Å². The summed E-state index contributed by atoms with van der Waals surface area (Å²) in [6, 6.07) is 0. The minimum atomic E-state index is -4.64. The molecule has 1 aromatic rings. The highest BCUT2D eigenvalue weighted by molar-refractivity contribution is 7.89. The Hall–Kier alpha value is -0.970. The van der Waals surface area contributed by atoms with Crippen LogP contribution in [0.15, 0.2) is 17.3 Å². The van der Waals surface area contributed by atoms with Gasteiger partial charge in [-0.15, -0.1) is 0 Å². The zero-order valence-corrected chi connectivity index (χ0v) is 9.47. The zero-order chi connectivity index (χ0) is 13.1. The molecule has 0 atom stereocenters. The monoisotopic (exact) mass is 291 g/mol. The standard InChI is InChI=1S/C6H5ClF3N3O3S/c7-5-11-1-4(2-12-5)17(14,15)13-16-3-6(8,9)10/h1-2,13H,3H2. The largest absolute Gasteiger partial charge is 0.413 e. The van der Waals surface area contributed by atoms with E-state index in [9.17, 15) is 21.6 Å². The fraction of sp³-hybridized carbons (Fsp3) is 0.333. The van der Waals surface area contributed by atoms with Crippen molar-refractivity contribution in [3.05, 3.63) is 17.7 Å². The van der Waals surface area contributed by atoms with Gasteiger partial charge in [-0.25, -0.2) is 18.4 Å². The molecule has 0 spiro atoms. The van der Waals surface area contributed by atoms with E-state index in [2.05, 4.69) is 14.8 Å². The highest BCUT2D eigenvalue weighted by Crippen LogP contribution is 2.14. The summed E-state index contributed by atoms with van der Waals surface area (Å²) in [5, 5.41) is -0.194. The molecule has 1 heterocycles. The highest BCUT2D eigenvalue weighted by Gasteiger charge is 2.29. The highest BCUT2D eigenvalue weighted by atomic mass is 35.5. The van der Waals surface area contributed by atoms with Crippen LogP contribution in [0.3, 0.4) is 0 Å². The lowest BCUT2D eigenvalue weighted by Crippen LogP contribution is -2.29. The lowest BCUT2D eigenvalue weighted by atomic mass is 10.7. The number of alkyl halides is 3. The van der Waals surface area contributed by atoms with Crippen LogP contribution < -0.4 is 4.89 Å². The van der Waals surface area contributed by atoms with E-state index < -0.39 is 27.7 Å². The molecule has 1 N–H and O–H groups in total. The van der Waals surface area contributed by atoms with Crippen molar-refractivity contribution in [3.63, 3.8) is 0 Å². The molecule has 0 bridgehead atoms. The van der Waals surface area contributed by atoms with Gasteiger partial charge in [0.25, 0.3) is 10.0 Å². The van der Waals surface area contributed by atoms with E-state index in [0.717, 1.165) is 12.4 Å². The fourth-order valence-electron chi connectivity index (χ4n) is 0.676. The molecule has 0 amide bonds. The van der Waals surface area contributed by atoms with E-state index in [0.29, 0.717) is 0 Å². The van der Waals surface area contributed by atoms with Gasteiger partial charge in [0, 0.05) is 0 Å². The number of hydrogen-bond acceptors (Lipinski definition) is 5.